The summed E-state index contributed by atoms with van der Waals surface area (Å²) in [5.74, 6) is -0.855. The molecule has 0 amide bonds. The molecule has 2 heterocycles. The quantitative estimate of drug-likeness (QED) is 0.784. The molecule has 0 unspecified atom stereocenters. The highest BCUT2D eigenvalue weighted by Gasteiger charge is 2.16. The number of fused-ring (bicyclic) bond motifs is 1. The number of carbonyl (C=O) groups is 1. The monoisotopic (exact) mass is 218 g/mol. The van der Waals surface area contributed by atoms with Crippen LogP contribution in [0, 0.1) is 0 Å². The van der Waals surface area contributed by atoms with Crippen molar-refractivity contribution in [2.75, 3.05) is 6.61 Å². The van der Waals surface area contributed by atoms with Crippen molar-refractivity contribution >= 4 is 18.4 Å². The van der Waals surface area contributed by atoms with Crippen LogP contribution < -0.4 is 0 Å². The number of carboxylic acids is 1. The topological polar surface area (TPSA) is 64.3 Å². The molecule has 5 nitrogen and oxygen atoms in total. The predicted octanol–water partition coefficient (Wildman–Crippen LogP) is 0.462. The van der Waals surface area contributed by atoms with Gasteiger partial charge in [-0.05, 0) is 0 Å². The van der Waals surface area contributed by atoms with Crippen LogP contribution in [0.5, 0.6) is 0 Å². The van der Waals surface area contributed by atoms with Gasteiger partial charge in [0.05, 0.1) is 37.3 Å². The third-order valence-electron chi connectivity index (χ3n) is 2.07. The summed E-state index contributed by atoms with van der Waals surface area (Å²) in [4.78, 5) is 14.5. The third-order valence-corrected chi connectivity index (χ3v) is 2.07. The predicted molar refractivity (Wildman–Crippen MR) is 50.5 cm³/mol. The van der Waals surface area contributed by atoms with E-state index in [0.717, 1.165) is 12.2 Å². The van der Waals surface area contributed by atoms with Gasteiger partial charge in [-0.1, -0.05) is 0 Å². The maximum Gasteiger partial charge on any atom is 0.309 e. The van der Waals surface area contributed by atoms with Crippen LogP contribution >= 0.6 is 12.4 Å². The van der Waals surface area contributed by atoms with Crippen LogP contribution in [0.1, 0.15) is 11.4 Å². The zero-order chi connectivity index (χ0) is 9.26. The normalized spacial score (nSPS) is 14.3. The van der Waals surface area contributed by atoms with Crippen LogP contribution in [0.25, 0.3) is 0 Å². The Balaban J connectivity index is 0.000000980. The van der Waals surface area contributed by atoms with Gasteiger partial charge in [-0.3, -0.25) is 4.79 Å². The second-order valence-corrected chi connectivity index (χ2v) is 2.95. The average Bonchev–Trinajstić information content (AvgIpc) is 2.48. The maximum absolute atomic E-state index is 10.5. The molecular formula is C8H11ClN2O3. The van der Waals surface area contributed by atoms with Crippen molar-refractivity contribution in [2.45, 2.75) is 19.6 Å². The molecular weight excluding hydrogens is 208 g/mol. The van der Waals surface area contributed by atoms with Crippen molar-refractivity contribution in [1.29, 1.82) is 0 Å². The van der Waals surface area contributed by atoms with E-state index in [2.05, 4.69) is 4.98 Å². The number of ether oxygens (including phenoxy) is 1. The van der Waals surface area contributed by atoms with E-state index in [0.29, 0.717) is 18.9 Å². The lowest BCUT2D eigenvalue weighted by molar-refractivity contribution is -0.136. The number of aromatic nitrogens is 2. The first-order valence-corrected chi connectivity index (χ1v) is 4.10. The van der Waals surface area contributed by atoms with Gasteiger partial charge < -0.3 is 14.4 Å². The van der Waals surface area contributed by atoms with Crippen LogP contribution in [-0.4, -0.2) is 27.2 Å². The summed E-state index contributed by atoms with van der Waals surface area (Å²) in [6, 6.07) is 0. The molecule has 0 spiro atoms. The van der Waals surface area contributed by atoms with Gasteiger partial charge in [-0.25, -0.2) is 4.98 Å². The molecule has 0 saturated carbocycles. The molecule has 2 rings (SSSR count). The fourth-order valence-corrected chi connectivity index (χ4v) is 1.43. The lowest BCUT2D eigenvalue weighted by atomic mass is 10.2. The minimum atomic E-state index is -0.855. The third kappa shape index (κ3) is 2.05. The lowest BCUT2D eigenvalue weighted by Crippen LogP contribution is -2.17. The smallest absolute Gasteiger partial charge is 0.309 e. The molecule has 0 aromatic carbocycles. The first kappa shape index (κ1) is 11.0. The minimum Gasteiger partial charge on any atom is -0.481 e. The van der Waals surface area contributed by atoms with E-state index >= 15 is 0 Å². The average molecular weight is 219 g/mol. The Morgan fingerprint density at radius 3 is 3.21 bits per heavy atom. The highest BCUT2D eigenvalue weighted by atomic mass is 35.5. The fraction of sp³-hybridized carbons (Fsp3) is 0.500. The SMILES string of the molecule is Cl.O=C(O)Cc1ncn2c1COCC2. The first-order chi connectivity index (χ1) is 6.27. The largest absolute Gasteiger partial charge is 0.481 e. The molecule has 0 radical (unpaired) electrons. The zero-order valence-corrected chi connectivity index (χ0v) is 8.29. The molecule has 0 saturated heterocycles. The number of rotatable bonds is 2. The molecule has 14 heavy (non-hydrogen) atoms. The number of imidazole rings is 1. The van der Waals surface area contributed by atoms with E-state index in [4.69, 9.17) is 9.84 Å². The zero-order valence-electron chi connectivity index (χ0n) is 7.47. The van der Waals surface area contributed by atoms with E-state index in [-0.39, 0.29) is 18.8 Å². The molecule has 1 aromatic heterocycles. The van der Waals surface area contributed by atoms with Gasteiger partial charge >= 0.3 is 5.97 Å². The Kier molecular flexibility index (Phi) is 3.49. The Morgan fingerprint density at radius 1 is 1.71 bits per heavy atom. The molecule has 0 atom stereocenters. The molecule has 1 aliphatic heterocycles. The second-order valence-electron chi connectivity index (χ2n) is 2.95. The van der Waals surface area contributed by atoms with E-state index in [1.807, 2.05) is 4.57 Å². The Hall–Kier alpha value is -1.07. The van der Waals surface area contributed by atoms with Gasteiger partial charge in [0, 0.05) is 6.54 Å². The van der Waals surface area contributed by atoms with Crippen LogP contribution in [0.15, 0.2) is 6.33 Å². The van der Waals surface area contributed by atoms with Crippen molar-refractivity contribution in [3.05, 3.63) is 17.7 Å². The van der Waals surface area contributed by atoms with Gasteiger partial charge in [0.25, 0.3) is 0 Å². The Labute approximate surface area is 87.1 Å². The Morgan fingerprint density at radius 2 is 2.50 bits per heavy atom. The summed E-state index contributed by atoms with van der Waals surface area (Å²) in [5, 5.41) is 8.60. The van der Waals surface area contributed by atoms with Crippen LogP contribution in [-0.2, 0) is 29.1 Å². The summed E-state index contributed by atoms with van der Waals surface area (Å²) in [6.45, 7) is 1.92. The van der Waals surface area contributed by atoms with Crippen LogP contribution in [0.4, 0.5) is 0 Å². The number of carboxylic acid groups (broad SMARTS) is 1. The number of halogens is 1. The summed E-state index contributed by atoms with van der Waals surface area (Å²) >= 11 is 0. The van der Waals surface area contributed by atoms with Crippen molar-refractivity contribution in [2.24, 2.45) is 0 Å². The molecule has 0 aliphatic carbocycles. The van der Waals surface area contributed by atoms with E-state index < -0.39 is 5.97 Å². The van der Waals surface area contributed by atoms with Crippen molar-refractivity contribution < 1.29 is 14.6 Å². The van der Waals surface area contributed by atoms with Crippen LogP contribution in [0.3, 0.4) is 0 Å². The minimum absolute atomic E-state index is 0. The lowest BCUT2D eigenvalue weighted by Gasteiger charge is -2.15. The van der Waals surface area contributed by atoms with Crippen molar-refractivity contribution in [1.82, 2.24) is 9.55 Å². The first-order valence-electron chi connectivity index (χ1n) is 4.10. The van der Waals surface area contributed by atoms with Gasteiger partial charge in [0.15, 0.2) is 0 Å². The molecule has 6 heteroatoms. The summed E-state index contributed by atoms with van der Waals surface area (Å²) < 4.78 is 7.17. The maximum atomic E-state index is 10.5. The number of nitrogens with zero attached hydrogens (tertiary/aromatic N) is 2. The molecule has 0 fully saturated rings. The molecule has 1 aromatic rings. The van der Waals surface area contributed by atoms with Gasteiger partial charge in [0.2, 0.25) is 0 Å². The summed E-state index contributed by atoms with van der Waals surface area (Å²) in [7, 11) is 0. The second kappa shape index (κ2) is 4.43. The highest BCUT2D eigenvalue weighted by Crippen LogP contribution is 2.13. The van der Waals surface area contributed by atoms with Gasteiger partial charge in [-0.15, -0.1) is 12.4 Å². The van der Waals surface area contributed by atoms with E-state index in [1.165, 1.54) is 0 Å². The van der Waals surface area contributed by atoms with E-state index in [1.54, 1.807) is 6.33 Å². The van der Waals surface area contributed by atoms with Crippen molar-refractivity contribution in [3.63, 3.8) is 0 Å². The van der Waals surface area contributed by atoms with Gasteiger partial charge in [0.1, 0.15) is 0 Å². The molecule has 78 valence electrons. The molecule has 0 bridgehead atoms. The highest BCUT2D eigenvalue weighted by molar-refractivity contribution is 5.85. The fourth-order valence-electron chi connectivity index (χ4n) is 1.43. The Bertz CT molecular complexity index is 337. The number of hydrogen-bond donors (Lipinski definition) is 1. The van der Waals surface area contributed by atoms with Crippen molar-refractivity contribution in [3.8, 4) is 0 Å². The molecule has 1 N–H and O–H groups in total. The van der Waals surface area contributed by atoms with Crippen LogP contribution in [0.2, 0.25) is 0 Å². The molecule has 1 aliphatic rings. The number of aliphatic carboxylic acids is 1. The van der Waals surface area contributed by atoms with Gasteiger partial charge in [-0.2, -0.15) is 0 Å². The summed E-state index contributed by atoms with van der Waals surface area (Å²) in [6.07, 6.45) is 1.65. The summed E-state index contributed by atoms with van der Waals surface area (Å²) in [5.41, 5.74) is 1.51. The standard InChI is InChI=1S/C8H10N2O3.ClH/c11-8(12)3-6-7-4-13-2-1-10(7)5-9-6;/h5H,1-4H2,(H,11,12);1H. The number of hydrogen-bond acceptors (Lipinski definition) is 3. The van der Waals surface area contributed by atoms with E-state index in [9.17, 15) is 4.79 Å².